The fraction of sp³-hybridized carbons (Fsp3) is 0.875. The van der Waals surface area contributed by atoms with E-state index in [0.717, 1.165) is 26.1 Å². The van der Waals surface area contributed by atoms with E-state index in [2.05, 4.69) is 25.4 Å². The molecule has 128 valence electrons. The molecule has 1 N–H and O–H groups in total. The average molecular weight is 314 g/mol. The van der Waals surface area contributed by atoms with Crippen LogP contribution in [0.15, 0.2) is 11.6 Å². The highest BCUT2D eigenvalue weighted by Gasteiger charge is 2.56. The van der Waals surface area contributed by atoms with Gasteiger partial charge in [-0.25, -0.2) is 4.94 Å². The SMILES string of the molecule is COC1CCC2(COC2)C(N(C)ONCC=C(C)C)C1OC. The summed E-state index contributed by atoms with van der Waals surface area (Å²) in [5.74, 6) is 0. The van der Waals surface area contributed by atoms with Crippen LogP contribution in [-0.2, 0) is 19.1 Å². The van der Waals surface area contributed by atoms with E-state index in [-0.39, 0.29) is 23.7 Å². The standard InChI is InChI=1S/C16H30N2O4/c1-12(2)7-9-17-22-18(3)15-14(20-5)13(19-4)6-8-16(15)10-21-11-16/h7,13-15,17H,6,8-11H2,1-5H3. The van der Waals surface area contributed by atoms with Gasteiger partial charge in [0.25, 0.3) is 0 Å². The molecule has 0 aromatic heterocycles. The third-order valence-electron chi connectivity index (χ3n) is 4.78. The van der Waals surface area contributed by atoms with Gasteiger partial charge in [-0.15, -0.1) is 0 Å². The molecule has 2 fully saturated rings. The Bertz CT molecular complexity index is 380. The lowest BCUT2D eigenvalue weighted by molar-refractivity contribution is -0.308. The van der Waals surface area contributed by atoms with Crippen molar-refractivity contribution >= 4 is 0 Å². The summed E-state index contributed by atoms with van der Waals surface area (Å²) in [5.41, 5.74) is 4.35. The number of methoxy groups -OCH3 is 2. The van der Waals surface area contributed by atoms with E-state index in [4.69, 9.17) is 19.1 Å². The molecule has 0 radical (unpaired) electrons. The van der Waals surface area contributed by atoms with Crippen LogP contribution >= 0.6 is 0 Å². The van der Waals surface area contributed by atoms with E-state index in [1.165, 1.54) is 5.57 Å². The van der Waals surface area contributed by atoms with Gasteiger partial charge < -0.3 is 14.2 Å². The van der Waals surface area contributed by atoms with Gasteiger partial charge >= 0.3 is 0 Å². The van der Waals surface area contributed by atoms with Crippen LogP contribution in [-0.4, -0.2) is 64.3 Å². The Labute approximate surface area is 133 Å². The molecule has 1 aliphatic heterocycles. The highest BCUT2D eigenvalue weighted by atomic mass is 16.8. The Balaban J connectivity index is 2.02. The number of likely N-dealkylation sites (N-methyl/N-ethyl adjacent to an activating group) is 1. The van der Waals surface area contributed by atoms with Crippen LogP contribution in [0.4, 0.5) is 0 Å². The van der Waals surface area contributed by atoms with Crippen molar-refractivity contribution in [3.63, 3.8) is 0 Å². The lowest BCUT2D eigenvalue weighted by atomic mass is 9.66. The first-order chi connectivity index (χ1) is 10.5. The van der Waals surface area contributed by atoms with Crippen LogP contribution < -0.4 is 5.48 Å². The van der Waals surface area contributed by atoms with Crippen molar-refractivity contribution in [2.75, 3.05) is 41.0 Å². The summed E-state index contributed by atoms with van der Waals surface area (Å²) in [6.45, 7) is 6.33. The monoisotopic (exact) mass is 314 g/mol. The van der Waals surface area contributed by atoms with Crippen molar-refractivity contribution in [1.82, 2.24) is 10.5 Å². The number of nitrogens with zero attached hydrogens (tertiary/aromatic N) is 1. The van der Waals surface area contributed by atoms with E-state index >= 15 is 0 Å². The molecule has 0 amide bonds. The molecular formula is C16H30N2O4. The summed E-state index contributed by atoms with van der Waals surface area (Å²) in [5, 5.41) is 1.88. The molecule has 3 unspecified atom stereocenters. The zero-order valence-electron chi connectivity index (χ0n) is 14.4. The molecule has 2 rings (SSSR count). The highest BCUT2D eigenvalue weighted by molar-refractivity contribution is 5.05. The minimum absolute atomic E-state index is 0.0297. The molecule has 1 saturated heterocycles. The van der Waals surface area contributed by atoms with Gasteiger partial charge in [0.1, 0.15) is 6.10 Å². The maximum atomic E-state index is 5.76. The second kappa shape index (κ2) is 7.86. The fourth-order valence-electron chi connectivity index (χ4n) is 3.54. The number of hydrogen-bond donors (Lipinski definition) is 1. The molecule has 1 saturated carbocycles. The molecular weight excluding hydrogens is 284 g/mol. The van der Waals surface area contributed by atoms with Crippen molar-refractivity contribution < 1.29 is 19.1 Å². The van der Waals surface area contributed by atoms with Crippen LogP contribution in [0.25, 0.3) is 0 Å². The van der Waals surface area contributed by atoms with Crippen LogP contribution in [0, 0.1) is 5.41 Å². The van der Waals surface area contributed by atoms with Crippen LogP contribution in [0.5, 0.6) is 0 Å². The highest BCUT2D eigenvalue weighted by Crippen LogP contribution is 2.46. The summed E-state index contributed by atoms with van der Waals surface area (Å²) >= 11 is 0. The second-order valence-electron chi connectivity index (χ2n) is 6.58. The van der Waals surface area contributed by atoms with Crippen molar-refractivity contribution in [3.8, 4) is 0 Å². The number of ether oxygens (including phenoxy) is 3. The zero-order chi connectivity index (χ0) is 16.2. The molecule has 0 aromatic carbocycles. The maximum absolute atomic E-state index is 5.76. The van der Waals surface area contributed by atoms with Crippen molar-refractivity contribution in [3.05, 3.63) is 11.6 Å². The number of hydrogen-bond acceptors (Lipinski definition) is 6. The third kappa shape index (κ3) is 3.69. The lowest BCUT2D eigenvalue weighted by Gasteiger charge is -2.56. The predicted octanol–water partition coefficient (Wildman–Crippen LogP) is 1.53. The summed E-state index contributed by atoms with van der Waals surface area (Å²) in [4.78, 5) is 5.74. The van der Waals surface area contributed by atoms with E-state index < -0.39 is 0 Å². The summed E-state index contributed by atoms with van der Waals surface area (Å²) in [6.07, 6.45) is 4.21. The normalized spacial score (nSPS) is 30.4. The van der Waals surface area contributed by atoms with Crippen molar-refractivity contribution in [1.29, 1.82) is 0 Å². The van der Waals surface area contributed by atoms with E-state index in [1.807, 2.05) is 12.1 Å². The van der Waals surface area contributed by atoms with Gasteiger partial charge in [0, 0.05) is 33.2 Å². The van der Waals surface area contributed by atoms with Gasteiger partial charge in [-0.1, -0.05) is 11.6 Å². The fourth-order valence-corrected chi connectivity index (χ4v) is 3.54. The number of allylic oxidation sites excluding steroid dienone is 1. The van der Waals surface area contributed by atoms with Crippen LogP contribution in [0.3, 0.4) is 0 Å². The Morgan fingerprint density at radius 3 is 2.55 bits per heavy atom. The van der Waals surface area contributed by atoms with E-state index in [9.17, 15) is 0 Å². The minimum Gasteiger partial charge on any atom is -0.380 e. The first-order valence-corrected chi connectivity index (χ1v) is 7.93. The minimum atomic E-state index is -0.0297. The van der Waals surface area contributed by atoms with Crippen LogP contribution in [0.1, 0.15) is 26.7 Å². The van der Waals surface area contributed by atoms with Gasteiger partial charge in [-0.3, -0.25) is 0 Å². The van der Waals surface area contributed by atoms with Gasteiger partial charge in [0.2, 0.25) is 0 Å². The number of hydroxylamine groups is 3. The van der Waals surface area contributed by atoms with Crippen molar-refractivity contribution in [2.45, 2.75) is 44.9 Å². The van der Waals surface area contributed by atoms with Gasteiger partial charge in [0.05, 0.1) is 25.4 Å². The van der Waals surface area contributed by atoms with E-state index in [1.54, 1.807) is 14.2 Å². The Morgan fingerprint density at radius 2 is 2.05 bits per heavy atom. The maximum Gasteiger partial charge on any atom is 0.102 e. The molecule has 1 heterocycles. The Morgan fingerprint density at radius 1 is 1.32 bits per heavy atom. The van der Waals surface area contributed by atoms with Gasteiger partial charge in [0.15, 0.2) is 0 Å². The molecule has 6 nitrogen and oxygen atoms in total. The molecule has 0 aromatic rings. The molecule has 1 aliphatic carbocycles. The molecule has 0 bridgehead atoms. The molecule has 3 atom stereocenters. The molecule has 2 aliphatic rings. The molecule has 6 heteroatoms. The quantitative estimate of drug-likeness (QED) is 0.437. The Hall–Kier alpha value is -0.500. The number of rotatable bonds is 7. The average Bonchev–Trinajstić information content (AvgIpc) is 2.47. The summed E-state index contributed by atoms with van der Waals surface area (Å²) < 4.78 is 16.9. The van der Waals surface area contributed by atoms with E-state index in [0.29, 0.717) is 6.54 Å². The lowest BCUT2D eigenvalue weighted by Crippen LogP contribution is -2.67. The first kappa shape index (κ1) is 17.8. The smallest absolute Gasteiger partial charge is 0.102 e. The summed E-state index contributed by atoms with van der Waals surface area (Å²) in [6, 6.07) is 0.101. The largest absolute Gasteiger partial charge is 0.380 e. The molecule has 22 heavy (non-hydrogen) atoms. The second-order valence-corrected chi connectivity index (χ2v) is 6.58. The predicted molar refractivity (Wildman–Crippen MR) is 84.1 cm³/mol. The molecule has 1 spiro atoms. The number of nitrogens with one attached hydrogen (secondary N) is 1. The first-order valence-electron chi connectivity index (χ1n) is 7.93. The summed E-state index contributed by atoms with van der Waals surface area (Å²) in [7, 11) is 5.44. The van der Waals surface area contributed by atoms with Crippen LogP contribution in [0.2, 0.25) is 0 Å². The zero-order valence-corrected chi connectivity index (χ0v) is 14.4. The van der Waals surface area contributed by atoms with Gasteiger partial charge in [-0.05, 0) is 26.7 Å². The van der Waals surface area contributed by atoms with Crippen molar-refractivity contribution in [2.24, 2.45) is 5.41 Å². The van der Waals surface area contributed by atoms with Gasteiger partial charge in [-0.2, -0.15) is 10.5 Å². The Kier molecular flexibility index (Phi) is 6.37. The third-order valence-corrected chi connectivity index (χ3v) is 4.78. The topological polar surface area (TPSA) is 52.2 Å².